The summed E-state index contributed by atoms with van der Waals surface area (Å²) in [5, 5.41) is 9.08. The number of rotatable bonds is 4. The number of aryl methyl sites for hydroxylation is 1. The van der Waals surface area contributed by atoms with Gasteiger partial charge in [0.2, 0.25) is 5.91 Å². The van der Waals surface area contributed by atoms with Gasteiger partial charge in [-0.15, -0.1) is 11.3 Å². The summed E-state index contributed by atoms with van der Waals surface area (Å²) in [5.41, 5.74) is 3.80. The molecule has 0 aliphatic carbocycles. The highest BCUT2D eigenvalue weighted by Gasteiger charge is 2.46. The second-order valence-corrected chi connectivity index (χ2v) is 11.3. The number of likely N-dealkylation sites (tertiary alicyclic amines) is 1. The minimum absolute atomic E-state index is 0.0659. The Morgan fingerprint density at radius 1 is 1.16 bits per heavy atom. The largest absolute Gasteiger partial charge is 0.471 e. The Kier molecular flexibility index (Phi) is 7.07. The highest BCUT2D eigenvalue weighted by Crippen LogP contribution is 2.28. The van der Waals surface area contributed by atoms with Crippen LogP contribution in [0, 0.1) is 6.92 Å². The second-order valence-electron chi connectivity index (χ2n) is 10.2. The van der Waals surface area contributed by atoms with Crippen LogP contribution in [-0.2, 0) is 29.0 Å². The third-order valence-corrected chi connectivity index (χ3v) is 8.32. The highest BCUT2D eigenvalue weighted by atomic mass is 32.1. The fraction of sp³-hybridized carbons (Fsp3) is 0.520. The van der Waals surface area contributed by atoms with Gasteiger partial charge in [0.25, 0.3) is 5.91 Å². The number of thiazole rings is 1. The number of halogens is 3. The van der Waals surface area contributed by atoms with Crippen LogP contribution in [0.2, 0.25) is 0 Å². The summed E-state index contributed by atoms with van der Waals surface area (Å²) < 4.78 is 39.5. The number of hydrogen-bond donors (Lipinski definition) is 3. The summed E-state index contributed by atoms with van der Waals surface area (Å²) in [7, 11) is 1.98. The molecule has 3 aliphatic heterocycles. The predicted molar refractivity (Wildman–Crippen MR) is 135 cm³/mol. The molecule has 3 atom stereocenters. The molecule has 3 aliphatic rings. The van der Waals surface area contributed by atoms with E-state index in [0.29, 0.717) is 24.3 Å². The van der Waals surface area contributed by atoms with E-state index in [1.807, 2.05) is 32.2 Å². The number of alkyl halides is 3. The Bertz CT molecular complexity index is 1270. The van der Waals surface area contributed by atoms with Crippen molar-refractivity contribution >= 4 is 34.7 Å². The fourth-order valence-corrected chi connectivity index (χ4v) is 6.31. The van der Waals surface area contributed by atoms with E-state index < -0.39 is 36.1 Å². The number of carbonyl (C=O) groups excluding carboxylic acids is 3. The number of carbonyl (C=O) groups is 3. The molecule has 1 aromatic carbocycles. The van der Waals surface area contributed by atoms with Crippen molar-refractivity contribution in [2.45, 2.75) is 57.0 Å². The fourth-order valence-electron chi connectivity index (χ4n) is 5.22. The van der Waals surface area contributed by atoms with E-state index in [-0.39, 0.29) is 30.4 Å². The third kappa shape index (κ3) is 5.48. The van der Waals surface area contributed by atoms with Crippen molar-refractivity contribution in [1.82, 2.24) is 25.4 Å². The van der Waals surface area contributed by atoms with Crippen molar-refractivity contribution in [3.05, 3.63) is 44.9 Å². The van der Waals surface area contributed by atoms with Gasteiger partial charge in [-0.2, -0.15) is 13.2 Å². The summed E-state index contributed by atoms with van der Waals surface area (Å²) in [6.45, 7) is 2.90. The van der Waals surface area contributed by atoms with Gasteiger partial charge in [-0.25, -0.2) is 4.98 Å². The first-order valence-corrected chi connectivity index (χ1v) is 13.3. The normalized spacial score (nSPS) is 23.3. The quantitative estimate of drug-likeness (QED) is 0.537. The first kappa shape index (κ1) is 26.4. The molecule has 9 nitrogen and oxygen atoms in total. The van der Waals surface area contributed by atoms with Crippen LogP contribution in [0.1, 0.15) is 37.9 Å². The number of hydrogen-bond acceptors (Lipinski definition) is 7. The molecule has 3 N–H and O–H groups in total. The van der Waals surface area contributed by atoms with Gasteiger partial charge in [0, 0.05) is 49.6 Å². The van der Waals surface area contributed by atoms with Crippen LogP contribution in [0.3, 0.4) is 0 Å². The first-order valence-electron chi connectivity index (χ1n) is 12.5. The molecular weight excluding hydrogens is 521 g/mol. The van der Waals surface area contributed by atoms with Gasteiger partial charge in [0.15, 0.2) is 5.01 Å². The predicted octanol–water partition coefficient (Wildman–Crippen LogP) is 1.85. The molecule has 5 rings (SSSR count). The maximum atomic E-state index is 13.2. The minimum Gasteiger partial charge on any atom is -0.373 e. The van der Waals surface area contributed by atoms with Crippen molar-refractivity contribution in [2.24, 2.45) is 0 Å². The van der Waals surface area contributed by atoms with Gasteiger partial charge in [-0.05, 0) is 32.0 Å². The molecule has 1 unspecified atom stereocenters. The van der Waals surface area contributed by atoms with Gasteiger partial charge >= 0.3 is 12.1 Å². The lowest BCUT2D eigenvalue weighted by Crippen LogP contribution is -2.63. The minimum atomic E-state index is -5.03. The molecule has 4 heterocycles. The average Bonchev–Trinajstić information content (AvgIpc) is 3.47. The van der Waals surface area contributed by atoms with Crippen LogP contribution in [-0.4, -0.2) is 83.5 Å². The molecule has 1 saturated heterocycles. The smallest absolute Gasteiger partial charge is 0.373 e. The molecule has 38 heavy (non-hydrogen) atoms. The number of piperidine rings is 1. The van der Waals surface area contributed by atoms with E-state index in [2.05, 4.69) is 25.8 Å². The highest BCUT2D eigenvalue weighted by molar-refractivity contribution is 7.13. The zero-order valence-electron chi connectivity index (χ0n) is 21.0. The number of amides is 3. The number of anilines is 1. The Labute approximate surface area is 221 Å². The number of likely N-dealkylation sites (N-methyl/N-ethyl adjacent to an activating group) is 1. The summed E-state index contributed by atoms with van der Waals surface area (Å²) in [4.78, 5) is 46.4. The zero-order chi connectivity index (χ0) is 27.2. The van der Waals surface area contributed by atoms with Crippen LogP contribution >= 0.6 is 11.3 Å². The standard InChI is InChI=1S/C25H29F3N6O3S/c1-13-3-4-15-14(9-13)10-18(29-15)21(35)30-16-6-8-34(24(37)25(26,27)28)11-19(16)31-22(36)23-32-17-5-7-33(2)12-20(17)38-23/h3-4,9,16,18-19,29H,5-8,10-12H2,1-2H3,(H,30,35)(H,31,36)/t16-,18?,19+/m0/s1. The Balaban J connectivity index is 1.30. The van der Waals surface area contributed by atoms with E-state index >= 15 is 0 Å². The van der Waals surface area contributed by atoms with E-state index in [4.69, 9.17) is 0 Å². The molecule has 204 valence electrons. The molecule has 13 heteroatoms. The average molecular weight is 551 g/mol. The van der Waals surface area contributed by atoms with Crippen molar-refractivity contribution < 1.29 is 27.6 Å². The van der Waals surface area contributed by atoms with Crippen molar-refractivity contribution in [3.8, 4) is 0 Å². The van der Waals surface area contributed by atoms with E-state index in [0.717, 1.165) is 33.9 Å². The monoisotopic (exact) mass is 550 g/mol. The molecular formula is C25H29F3N6O3S. The molecule has 2 aromatic rings. The number of fused-ring (bicyclic) bond motifs is 2. The van der Waals surface area contributed by atoms with Crippen molar-refractivity contribution in [2.75, 3.05) is 32.0 Å². The van der Waals surface area contributed by atoms with E-state index in [1.165, 1.54) is 11.3 Å². The number of nitrogens with zero attached hydrogens (tertiary/aromatic N) is 3. The Morgan fingerprint density at radius 2 is 1.95 bits per heavy atom. The van der Waals surface area contributed by atoms with E-state index in [9.17, 15) is 27.6 Å². The van der Waals surface area contributed by atoms with Gasteiger partial charge in [-0.3, -0.25) is 14.4 Å². The van der Waals surface area contributed by atoms with Crippen molar-refractivity contribution in [1.29, 1.82) is 0 Å². The lowest BCUT2D eigenvalue weighted by atomic mass is 9.98. The van der Waals surface area contributed by atoms with E-state index in [1.54, 1.807) is 0 Å². The summed E-state index contributed by atoms with van der Waals surface area (Å²) in [5.74, 6) is -2.80. The lowest BCUT2D eigenvalue weighted by Gasteiger charge is -2.39. The molecule has 3 amide bonds. The summed E-state index contributed by atoms with van der Waals surface area (Å²) >= 11 is 1.25. The molecule has 0 radical (unpaired) electrons. The van der Waals surface area contributed by atoms with Crippen LogP contribution in [0.15, 0.2) is 18.2 Å². The van der Waals surface area contributed by atoms with Gasteiger partial charge < -0.3 is 25.8 Å². The van der Waals surface area contributed by atoms with Crippen LogP contribution in [0.25, 0.3) is 0 Å². The topological polar surface area (TPSA) is 107 Å². The third-order valence-electron chi connectivity index (χ3n) is 7.23. The molecule has 1 fully saturated rings. The number of nitrogens with one attached hydrogen (secondary N) is 3. The van der Waals surface area contributed by atoms with Gasteiger partial charge in [-0.1, -0.05) is 17.7 Å². The Hall–Kier alpha value is -3.19. The van der Waals surface area contributed by atoms with Crippen molar-refractivity contribution in [3.63, 3.8) is 0 Å². The summed E-state index contributed by atoms with van der Waals surface area (Å²) in [6, 6.07) is 3.75. The van der Waals surface area contributed by atoms with Gasteiger partial charge in [0.1, 0.15) is 6.04 Å². The molecule has 1 aromatic heterocycles. The van der Waals surface area contributed by atoms with Crippen LogP contribution < -0.4 is 16.0 Å². The van der Waals surface area contributed by atoms with Gasteiger partial charge in [0.05, 0.1) is 17.8 Å². The maximum Gasteiger partial charge on any atom is 0.471 e. The molecule has 0 saturated carbocycles. The maximum absolute atomic E-state index is 13.2. The summed E-state index contributed by atoms with van der Waals surface area (Å²) in [6.07, 6.45) is -3.77. The SMILES string of the molecule is Cc1ccc2c(c1)CC(C(=O)N[C@H]1CCN(C(=O)C(F)(F)F)C[C@H]1NC(=O)c1nc3c(s1)CN(C)CC3)N2. The Morgan fingerprint density at radius 3 is 2.71 bits per heavy atom. The number of benzene rings is 1. The molecule has 0 bridgehead atoms. The van der Waals surface area contributed by atoms with Crippen LogP contribution in [0.4, 0.5) is 18.9 Å². The number of aromatic nitrogens is 1. The lowest BCUT2D eigenvalue weighted by molar-refractivity contribution is -0.186. The second kappa shape index (κ2) is 10.2. The zero-order valence-corrected chi connectivity index (χ0v) is 21.8. The first-order chi connectivity index (χ1) is 18.0. The molecule has 0 spiro atoms. The van der Waals surface area contributed by atoms with Crippen LogP contribution in [0.5, 0.6) is 0 Å².